The molecule has 3 atom stereocenters. The first-order valence-electron chi connectivity index (χ1n) is 8.75. The van der Waals surface area contributed by atoms with Crippen LogP contribution in [0.15, 0.2) is 42.6 Å². The molecule has 1 aromatic heterocycles. The Hall–Kier alpha value is -3.20. The molecule has 0 fully saturated rings. The predicted octanol–water partition coefficient (Wildman–Crippen LogP) is 1.26. The number of aromatic nitrogens is 1. The Morgan fingerprint density at radius 1 is 1.17 bits per heavy atom. The van der Waals surface area contributed by atoms with Crippen LogP contribution in [0.2, 0.25) is 0 Å². The number of esters is 1. The van der Waals surface area contributed by atoms with Crippen LogP contribution in [-0.2, 0) is 25.5 Å². The van der Waals surface area contributed by atoms with Gasteiger partial charge in [-0.25, -0.2) is 8.78 Å². The summed E-state index contributed by atoms with van der Waals surface area (Å²) in [6.07, 6.45) is 1.12. The van der Waals surface area contributed by atoms with E-state index in [4.69, 9.17) is 5.73 Å². The number of carbonyl (C=O) groups is 3. The number of pyridine rings is 1. The molecule has 1 heterocycles. The second-order valence-electron chi connectivity index (χ2n) is 6.43. The smallest absolute Gasteiger partial charge is 0.323 e. The number of rotatable bonds is 8. The van der Waals surface area contributed by atoms with E-state index >= 15 is 0 Å². The number of halogens is 2. The van der Waals surface area contributed by atoms with Gasteiger partial charge in [0.25, 0.3) is 0 Å². The van der Waals surface area contributed by atoms with E-state index in [2.05, 4.69) is 15.0 Å². The Morgan fingerprint density at radius 3 is 2.38 bits per heavy atom. The Kier molecular flexibility index (Phi) is 7.49. The number of amides is 1. The highest BCUT2D eigenvalue weighted by Crippen LogP contribution is 2.20. The normalized spacial score (nSPS) is 13.8. The number of nitrogens with one attached hydrogen (secondary N) is 1. The third kappa shape index (κ3) is 5.89. The van der Waals surface area contributed by atoms with Gasteiger partial charge in [-0.05, 0) is 36.8 Å². The summed E-state index contributed by atoms with van der Waals surface area (Å²) in [6.45, 7) is 1.42. The zero-order chi connectivity index (χ0) is 21.6. The van der Waals surface area contributed by atoms with Crippen LogP contribution < -0.4 is 11.1 Å². The van der Waals surface area contributed by atoms with Gasteiger partial charge in [0.05, 0.1) is 31.2 Å². The maximum Gasteiger partial charge on any atom is 0.323 e. The largest absolute Gasteiger partial charge is 0.468 e. The van der Waals surface area contributed by atoms with Gasteiger partial charge in [0.2, 0.25) is 5.91 Å². The van der Waals surface area contributed by atoms with Crippen LogP contribution in [0.5, 0.6) is 0 Å². The van der Waals surface area contributed by atoms with E-state index in [1.807, 2.05) is 0 Å². The molecule has 154 valence electrons. The fourth-order valence-electron chi connectivity index (χ4n) is 2.87. The van der Waals surface area contributed by atoms with E-state index in [-0.39, 0.29) is 17.7 Å². The second-order valence-corrected chi connectivity index (χ2v) is 6.43. The molecule has 1 aromatic carbocycles. The zero-order valence-corrected chi connectivity index (χ0v) is 15.9. The van der Waals surface area contributed by atoms with Crippen LogP contribution in [0.25, 0.3) is 0 Å². The number of ether oxygens (including phenoxy) is 1. The molecular weight excluding hydrogens is 384 g/mol. The zero-order valence-electron chi connectivity index (χ0n) is 15.9. The van der Waals surface area contributed by atoms with Gasteiger partial charge in [0, 0.05) is 12.3 Å². The number of benzene rings is 1. The number of nitrogens with zero attached hydrogens (tertiary/aromatic N) is 1. The first-order chi connectivity index (χ1) is 13.7. The van der Waals surface area contributed by atoms with Crippen molar-refractivity contribution in [1.29, 1.82) is 0 Å². The molecule has 2 aromatic rings. The van der Waals surface area contributed by atoms with Crippen LogP contribution in [0, 0.1) is 11.6 Å². The number of carbonyl (C=O) groups excluding carboxylic acids is 3. The Morgan fingerprint density at radius 2 is 1.83 bits per heavy atom. The van der Waals surface area contributed by atoms with Crippen LogP contribution in [-0.4, -0.2) is 41.8 Å². The lowest BCUT2D eigenvalue weighted by Gasteiger charge is -2.24. The molecule has 9 heteroatoms. The molecule has 0 spiro atoms. The lowest BCUT2D eigenvalue weighted by Crippen LogP contribution is -2.48. The Balaban J connectivity index is 2.15. The molecule has 0 bridgehead atoms. The standard InChI is InChI=1S/C20H21F2N3O4/c1-11(25-16(26)9-12-7-13(21)10-14(22)8-12)19(27)17(18(23)20(28)29-2)15-5-3-4-6-24-15/h3-8,10-11,17-18H,9,23H2,1-2H3,(H,25,26)/t11-,17?,18?/m0/s1. The summed E-state index contributed by atoms with van der Waals surface area (Å²) in [5.74, 6) is -4.75. The summed E-state index contributed by atoms with van der Waals surface area (Å²) in [7, 11) is 1.14. The molecule has 0 aliphatic rings. The average molecular weight is 405 g/mol. The van der Waals surface area contributed by atoms with Crippen LogP contribution in [0.4, 0.5) is 8.78 Å². The minimum atomic E-state index is -1.32. The fraction of sp³-hybridized carbons (Fsp3) is 0.300. The van der Waals surface area contributed by atoms with E-state index in [1.165, 1.54) is 19.2 Å². The van der Waals surface area contributed by atoms with E-state index in [0.29, 0.717) is 6.07 Å². The molecule has 0 aliphatic heterocycles. The van der Waals surface area contributed by atoms with Crippen molar-refractivity contribution >= 4 is 17.7 Å². The Labute approximate surface area is 166 Å². The van der Waals surface area contributed by atoms with Crippen LogP contribution >= 0.6 is 0 Å². The third-order valence-electron chi connectivity index (χ3n) is 4.24. The number of ketones is 1. The number of Topliss-reactive ketones (excluding diaryl/α,β-unsaturated/α-hetero) is 1. The van der Waals surface area contributed by atoms with Crippen LogP contribution in [0.3, 0.4) is 0 Å². The molecule has 0 saturated heterocycles. The monoisotopic (exact) mass is 405 g/mol. The molecule has 1 amide bonds. The quantitative estimate of drug-likeness (QED) is 0.640. The highest BCUT2D eigenvalue weighted by molar-refractivity contribution is 5.97. The van der Waals surface area contributed by atoms with Crippen molar-refractivity contribution in [1.82, 2.24) is 10.3 Å². The molecule has 3 N–H and O–H groups in total. The van der Waals surface area contributed by atoms with Gasteiger partial charge < -0.3 is 15.8 Å². The minimum Gasteiger partial charge on any atom is -0.468 e. The summed E-state index contributed by atoms with van der Waals surface area (Å²) in [4.78, 5) is 41.1. The third-order valence-corrected chi connectivity index (χ3v) is 4.24. The SMILES string of the molecule is COC(=O)C(N)C(C(=O)[C@H](C)NC(=O)Cc1cc(F)cc(F)c1)c1ccccn1. The van der Waals surface area contributed by atoms with Crippen molar-refractivity contribution in [3.63, 3.8) is 0 Å². The summed E-state index contributed by atoms with van der Waals surface area (Å²) in [5, 5.41) is 2.46. The lowest BCUT2D eigenvalue weighted by molar-refractivity contribution is -0.144. The maximum atomic E-state index is 13.3. The Bertz CT molecular complexity index is 872. The van der Waals surface area contributed by atoms with Gasteiger partial charge in [-0.3, -0.25) is 19.4 Å². The van der Waals surface area contributed by atoms with E-state index in [9.17, 15) is 23.2 Å². The topological polar surface area (TPSA) is 111 Å². The molecule has 0 aliphatic carbocycles. The summed E-state index contributed by atoms with van der Waals surface area (Å²) in [5.41, 5.74) is 6.27. The predicted molar refractivity (Wildman–Crippen MR) is 99.6 cm³/mol. The van der Waals surface area contributed by atoms with Gasteiger partial charge in [0.1, 0.15) is 17.7 Å². The van der Waals surface area contributed by atoms with E-state index in [1.54, 1.807) is 12.1 Å². The molecule has 0 radical (unpaired) electrons. The van der Waals surface area contributed by atoms with Gasteiger partial charge in [-0.15, -0.1) is 0 Å². The van der Waals surface area contributed by atoms with Crippen molar-refractivity contribution in [3.8, 4) is 0 Å². The van der Waals surface area contributed by atoms with Crippen molar-refractivity contribution < 1.29 is 27.9 Å². The van der Waals surface area contributed by atoms with Crippen LogP contribution in [0.1, 0.15) is 24.1 Å². The molecular formula is C20H21F2N3O4. The minimum absolute atomic E-state index is 0.118. The van der Waals surface area contributed by atoms with Gasteiger partial charge in [-0.2, -0.15) is 0 Å². The first-order valence-corrected chi connectivity index (χ1v) is 8.75. The average Bonchev–Trinajstić information content (AvgIpc) is 2.67. The molecule has 7 nitrogen and oxygen atoms in total. The molecule has 2 rings (SSSR count). The highest BCUT2D eigenvalue weighted by Gasteiger charge is 2.36. The molecule has 2 unspecified atom stereocenters. The summed E-state index contributed by atoms with van der Waals surface area (Å²) in [6, 6.07) is 5.20. The second kappa shape index (κ2) is 9.83. The molecule has 0 saturated carbocycles. The van der Waals surface area contributed by atoms with Gasteiger partial charge >= 0.3 is 5.97 Å². The number of hydrogen-bond acceptors (Lipinski definition) is 6. The lowest BCUT2D eigenvalue weighted by atomic mass is 9.88. The number of methoxy groups -OCH3 is 1. The van der Waals surface area contributed by atoms with Crippen molar-refractivity contribution in [3.05, 3.63) is 65.5 Å². The van der Waals surface area contributed by atoms with Gasteiger partial charge in [-0.1, -0.05) is 6.07 Å². The number of nitrogens with two attached hydrogens (primary N) is 1. The van der Waals surface area contributed by atoms with Crippen molar-refractivity contribution in [2.45, 2.75) is 31.3 Å². The van der Waals surface area contributed by atoms with Crippen molar-refractivity contribution in [2.24, 2.45) is 5.73 Å². The highest BCUT2D eigenvalue weighted by atomic mass is 19.1. The van der Waals surface area contributed by atoms with E-state index < -0.39 is 47.3 Å². The van der Waals surface area contributed by atoms with E-state index in [0.717, 1.165) is 19.2 Å². The summed E-state index contributed by atoms with van der Waals surface area (Å²) >= 11 is 0. The fourth-order valence-corrected chi connectivity index (χ4v) is 2.87. The number of hydrogen-bond donors (Lipinski definition) is 2. The maximum absolute atomic E-state index is 13.3. The van der Waals surface area contributed by atoms with Crippen molar-refractivity contribution in [2.75, 3.05) is 7.11 Å². The molecule has 29 heavy (non-hydrogen) atoms. The van der Waals surface area contributed by atoms with Gasteiger partial charge in [0.15, 0.2) is 5.78 Å². The summed E-state index contributed by atoms with van der Waals surface area (Å²) < 4.78 is 31.2. The first kappa shape index (κ1) is 22.1.